The van der Waals surface area contributed by atoms with Crippen molar-refractivity contribution < 1.29 is 4.74 Å². The maximum absolute atomic E-state index is 5.80. The molecule has 0 amide bonds. The highest BCUT2D eigenvalue weighted by Crippen LogP contribution is 2.23. The van der Waals surface area contributed by atoms with Crippen LogP contribution in [0.4, 0.5) is 0 Å². The molecule has 0 N–H and O–H groups in total. The summed E-state index contributed by atoms with van der Waals surface area (Å²) in [6, 6.07) is 6.39. The van der Waals surface area contributed by atoms with E-state index in [0.29, 0.717) is 0 Å². The van der Waals surface area contributed by atoms with Crippen LogP contribution in [-0.2, 0) is 0 Å². The predicted molar refractivity (Wildman–Crippen MR) is 69.1 cm³/mol. The molecule has 0 atom stereocenters. The van der Waals surface area contributed by atoms with Crippen LogP contribution in [0.15, 0.2) is 18.2 Å². The number of benzene rings is 1. The van der Waals surface area contributed by atoms with Gasteiger partial charge in [-0.2, -0.15) is 0 Å². The first kappa shape index (κ1) is 11.0. The molecule has 0 saturated heterocycles. The van der Waals surface area contributed by atoms with E-state index in [0.717, 1.165) is 16.0 Å². The van der Waals surface area contributed by atoms with Crippen LogP contribution in [0.3, 0.4) is 0 Å². The van der Waals surface area contributed by atoms with Gasteiger partial charge in [0.2, 0.25) is 0 Å². The van der Waals surface area contributed by atoms with Crippen LogP contribution >= 0.6 is 22.6 Å². The summed E-state index contributed by atoms with van der Waals surface area (Å²) in [6.07, 6.45) is 0. The third kappa shape index (κ3) is 3.68. The molecular weight excluding hydrogens is 291 g/mol. The molecule has 0 bridgehead atoms. The average molecular weight is 306 g/mol. The van der Waals surface area contributed by atoms with Crippen molar-refractivity contribution in [2.45, 2.75) is 26.4 Å². The smallest absolute Gasteiger partial charge is 0.133 e. The van der Waals surface area contributed by atoms with Crippen LogP contribution in [-0.4, -0.2) is 15.8 Å². The Bertz CT molecular complexity index is 304. The van der Waals surface area contributed by atoms with Crippen LogP contribution < -0.4 is 9.92 Å². The van der Waals surface area contributed by atoms with Crippen molar-refractivity contribution in [3.05, 3.63) is 21.8 Å². The summed E-state index contributed by atoms with van der Waals surface area (Å²) in [7, 11) is 1.10. The second kappa shape index (κ2) is 4.00. The van der Waals surface area contributed by atoms with Gasteiger partial charge >= 0.3 is 0 Å². The Morgan fingerprint density at radius 1 is 1.31 bits per heavy atom. The summed E-state index contributed by atoms with van der Waals surface area (Å²) in [5.74, 6) is 0.993. The Morgan fingerprint density at radius 3 is 2.38 bits per heavy atom. The third-order valence-corrected chi connectivity index (χ3v) is 2.97. The second-order valence-corrected chi connectivity index (χ2v) is 6.47. The number of rotatable bonds is 1. The van der Waals surface area contributed by atoms with Gasteiger partial charge in [-0.15, -0.1) is 0 Å². The van der Waals surface area contributed by atoms with Gasteiger partial charge < -0.3 is 4.74 Å². The van der Waals surface area contributed by atoms with E-state index in [-0.39, 0.29) is 5.60 Å². The van der Waals surface area contributed by atoms with Gasteiger partial charge in [-0.3, -0.25) is 0 Å². The normalized spacial score (nSPS) is 11.7. The minimum Gasteiger partial charge on any atom is -0.487 e. The minimum atomic E-state index is -0.105. The standard InChI is InChI=1S/C10H15IOSi/c1-10(2,3)12-9-5-4-7(13)6-8(9)11/h4-6H,1-3,13H3. The maximum Gasteiger partial charge on any atom is 0.133 e. The molecule has 0 aromatic heterocycles. The largest absolute Gasteiger partial charge is 0.487 e. The molecule has 1 aromatic rings. The predicted octanol–water partition coefficient (Wildman–Crippen LogP) is 1.46. The van der Waals surface area contributed by atoms with Gasteiger partial charge in [0.25, 0.3) is 0 Å². The fourth-order valence-corrected chi connectivity index (χ4v) is 2.84. The van der Waals surface area contributed by atoms with Crippen LogP contribution in [0.2, 0.25) is 0 Å². The van der Waals surface area contributed by atoms with E-state index in [1.54, 1.807) is 0 Å². The maximum atomic E-state index is 5.80. The Labute approximate surface area is 96.4 Å². The number of hydrogen-bond acceptors (Lipinski definition) is 1. The first-order valence-electron chi connectivity index (χ1n) is 4.34. The quantitative estimate of drug-likeness (QED) is 0.564. The Morgan fingerprint density at radius 2 is 1.92 bits per heavy atom. The summed E-state index contributed by atoms with van der Waals surface area (Å²) in [6.45, 7) is 6.20. The summed E-state index contributed by atoms with van der Waals surface area (Å²) >= 11 is 2.32. The van der Waals surface area contributed by atoms with Crippen LogP contribution in [0, 0.1) is 3.57 Å². The lowest BCUT2D eigenvalue weighted by Crippen LogP contribution is -2.23. The molecule has 0 fully saturated rings. The summed E-state index contributed by atoms with van der Waals surface area (Å²) in [5, 5.41) is 1.41. The van der Waals surface area contributed by atoms with Crippen molar-refractivity contribution in [1.82, 2.24) is 0 Å². The minimum absolute atomic E-state index is 0.105. The second-order valence-electron chi connectivity index (χ2n) is 4.15. The molecule has 0 saturated carbocycles. The van der Waals surface area contributed by atoms with Gasteiger partial charge in [-0.05, 0) is 55.5 Å². The lowest BCUT2D eigenvalue weighted by Gasteiger charge is -2.22. The average Bonchev–Trinajstić information content (AvgIpc) is 1.93. The number of ether oxygens (including phenoxy) is 1. The monoisotopic (exact) mass is 306 g/mol. The van der Waals surface area contributed by atoms with Crippen molar-refractivity contribution in [1.29, 1.82) is 0 Å². The van der Waals surface area contributed by atoms with E-state index in [9.17, 15) is 0 Å². The van der Waals surface area contributed by atoms with Gasteiger partial charge in [0.15, 0.2) is 0 Å². The zero-order valence-electron chi connectivity index (χ0n) is 8.52. The van der Waals surface area contributed by atoms with Crippen molar-refractivity contribution in [2.24, 2.45) is 0 Å². The zero-order chi connectivity index (χ0) is 10.1. The van der Waals surface area contributed by atoms with Crippen molar-refractivity contribution >= 4 is 38.0 Å². The molecule has 0 unspecified atom stereocenters. The van der Waals surface area contributed by atoms with Crippen molar-refractivity contribution in [2.75, 3.05) is 0 Å². The van der Waals surface area contributed by atoms with Crippen LogP contribution in [0.1, 0.15) is 20.8 Å². The van der Waals surface area contributed by atoms with E-state index in [1.807, 2.05) is 0 Å². The lowest BCUT2D eigenvalue weighted by molar-refractivity contribution is 0.129. The lowest BCUT2D eigenvalue weighted by atomic mass is 10.2. The summed E-state index contributed by atoms with van der Waals surface area (Å²) < 4.78 is 7.00. The first-order chi connectivity index (χ1) is 5.88. The molecule has 1 aromatic carbocycles. The van der Waals surface area contributed by atoms with Gasteiger partial charge in [-0.1, -0.05) is 11.3 Å². The van der Waals surface area contributed by atoms with E-state index in [2.05, 4.69) is 61.6 Å². The van der Waals surface area contributed by atoms with Crippen molar-refractivity contribution in [3.8, 4) is 5.75 Å². The zero-order valence-corrected chi connectivity index (χ0v) is 12.7. The number of halogens is 1. The van der Waals surface area contributed by atoms with Crippen molar-refractivity contribution in [3.63, 3.8) is 0 Å². The van der Waals surface area contributed by atoms with E-state index < -0.39 is 0 Å². The highest BCUT2D eigenvalue weighted by Gasteiger charge is 2.13. The van der Waals surface area contributed by atoms with E-state index >= 15 is 0 Å². The molecule has 0 aliphatic rings. The van der Waals surface area contributed by atoms with Crippen LogP contribution in [0.5, 0.6) is 5.75 Å². The van der Waals surface area contributed by atoms with Gasteiger partial charge in [0.1, 0.15) is 11.4 Å². The van der Waals surface area contributed by atoms with E-state index in [1.165, 1.54) is 8.76 Å². The molecule has 0 radical (unpaired) electrons. The third-order valence-electron chi connectivity index (χ3n) is 1.50. The fourth-order valence-electron chi connectivity index (χ4n) is 1.02. The Hall–Kier alpha value is -0.0331. The van der Waals surface area contributed by atoms with Gasteiger partial charge in [-0.25, -0.2) is 0 Å². The highest BCUT2D eigenvalue weighted by atomic mass is 127. The molecular formula is C10H15IOSi. The molecule has 0 aliphatic carbocycles. The number of hydrogen-bond donors (Lipinski definition) is 0. The molecule has 72 valence electrons. The summed E-state index contributed by atoms with van der Waals surface area (Å²) in [4.78, 5) is 0. The topological polar surface area (TPSA) is 9.23 Å². The van der Waals surface area contributed by atoms with E-state index in [4.69, 9.17) is 4.74 Å². The first-order valence-corrected chi connectivity index (χ1v) is 6.41. The van der Waals surface area contributed by atoms with Gasteiger partial charge in [0.05, 0.1) is 3.57 Å². The van der Waals surface area contributed by atoms with Crippen LogP contribution in [0.25, 0.3) is 0 Å². The fraction of sp³-hybridized carbons (Fsp3) is 0.400. The molecule has 0 aliphatic heterocycles. The Balaban J connectivity index is 2.90. The molecule has 0 heterocycles. The molecule has 13 heavy (non-hydrogen) atoms. The van der Waals surface area contributed by atoms with Gasteiger partial charge in [0, 0.05) is 10.2 Å². The molecule has 1 nitrogen and oxygen atoms in total. The summed E-state index contributed by atoms with van der Waals surface area (Å²) in [5.41, 5.74) is -0.105. The highest BCUT2D eigenvalue weighted by molar-refractivity contribution is 14.1. The SMILES string of the molecule is CC(C)(C)Oc1ccc([SiH3])cc1I. The Kier molecular flexibility index (Phi) is 3.40. The molecule has 0 spiro atoms. The molecule has 1 rings (SSSR count). The molecule has 3 heteroatoms.